The Morgan fingerprint density at radius 2 is 2.00 bits per heavy atom. The lowest BCUT2D eigenvalue weighted by Gasteiger charge is -2.17. The predicted molar refractivity (Wildman–Crippen MR) is 113 cm³/mol. The highest BCUT2D eigenvalue weighted by atomic mass is 127. The third-order valence-electron chi connectivity index (χ3n) is 3.92. The van der Waals surface area contributed by atoms with Crippen molar-refractivity contribution in [2.24, 2.45) is 4.99 Å². The van der Waals surface area contributed by atoms with Crippen LogP contribution in [0.15, 0.2) is 27.7 Å². The molecule has 0 unspecified atom stereocenters. The number of hydrogen-bond acceptors (Lipinski definition) is 2. The van der Waals surface area contributed by atoms with Crippen LogP contribution in [0.4, 0.5) is 0 Å². The molecule has 0 spiro atoms. The largest absolute Gasteiger partial charge is 0.357 e. The first-order valence-electron chi connectivity index (χ1n) is 8.15. The van der Waals surface area contributed by atoms with Gasteiger partial charge in [-0.1, -0.05) is 22.0 Å². The molecule has 1 aliphatic rings. The number of aryl methyl sites for hydroxylation is 1. The number of aliphatic imine (C=N–C) groups is 1. The van der Waals surface area contributed by atoms with Gasteiger partial charge in [0.1, 0.15) is 0 Å². The van der Waals surface area contributed by atoms with Crippen LogP contribution in [-0.2, 0) is 11.3 Å². The second-order valence-electron chi connectivity index (χ2n) is 5.71. The van der Waals surface area contributed by atoms with Crippen molar-refractivity contribution in [2.45, 2.75) is 33.2 Å². The molecule has 2 rings (SSSR count). The summed E-state index contributed by atoms with van der Waals surface area (Å²) >= 11 is 3.47. The molecule has 0 atom stereocenters. The minimum atomic E-state index is 0. The second kappa shape index (κ2) is 10.9. The number of hydrogen-bond donors (Lipinski definition) is 2. The van der Waals surface area contributed by atoms with Gasteiger partial charge in [0, 0.05) is 24.1 Å². The predicted octanol–water partition coefficient (Wildman–Crippen LogP) is 3.05. The lowest BCUT2D eigenvalue weighted by Crippen LogP contribution is -2.44. The Kier molecular flexibility index (Phi) is 9.65. The fraction of sp³-hybridized carbons (Fsp3) is 0.529. The molecule has 1 aromatic carbocycles. The number of guanidine groups is 1. The van der Waals surface area contributed by atoms with Crippen molar-refractivity contribution in [3.8, 4) is 0 Å². The van der Waals surface area contributed by atoms with E-state index in [4.69, 9.17) is 0 Å². The molecule has 1 aromatic rings. The highest BCUT2D eigenvalue weighted by Crippen LogP contribution is 2.16. The molecule has 0 radical (unpaired) electrons. The SMILES string of the molecule is CCNC(=NCc1ccc(Br)cc1C)NCC(=O)N1CCCC1.I. The van der Waals surface area contributed by atoms with E-state index in [1.807, 2.05) is 17.9 Å². The fourth-order valence-corrected chi connectivity index (χ4v) is 3.06. The van der Waals surface area contributed by atoms with Gasteiger partial charge in [0.25, 0.3) is 0 Å². The average Bonchev–Trinajstić information content (AvgIpc) is 3.05. The number of likely N-dealkylation sites (tertiary alicyclic amines) is 1. The van der Waals surface area contributed by atoms with E-state index in [2.05, 4.69) is 50.6 Å². The minimum absolute atomic E-state index is 0. The van der Waals surface area contributed by atoms with Crippen molar-refractivity contribution in [1.82, 2.24) is 15.5 Å². The molecule has 5 nitrogen and oxygen atoms in total. The van der Waals surface area contributed by atoms with Crippen LogP contribution in [0.25, 0.3) is 0 Å². The smallest absolute Gasteiger partial charge is 0.241 e. The molecular weight excluding hydrogens is 483 g/mol. The Labute approximate surface area is 169 Å². The van der Waals surface area contributed by atoms with Gasteiger partial charge in [-0.25, -0.2) is 4.99 Å². The minimum Gasteiger partial charge on any atom is -0.357 e. The number of nitrogens with one attached hydrogen (secondary N) is 2. The van der Waals surface area contributed by atoms with E-state index in [-0.39, 0.29) is 29.9 Å². The van der Waals surface area contributed by atoms with Crippen LogP contribution in [0.3, 0.4) is 0 Å². The quantitative estimate of drug-likeness (QED) is 0.365. The number of halogens is 2. The van der Waals surface area contributed by atoms with Crippen LogP contribution < -0.4 is 10.6 Å². The Balaban J connectivity index is 0.00000288. The van der Waals surface area contributed by atoms with Gasteiger partial charge in [0.15, 0.2) is 5.96 Å². The van der Waals surface area contributed by atoms with E-state index < -0.39 is 0 Å². The first kappa shape index (κ1) is 21.2. The van der Waals surface area contributed by atoms with E-state index >= 15 is 0 Å². The van der Waals surface area contributed by atoms with Gasteiger partial charge in [0.2, 0.25) is 5.91 Å². The van der Waals surface area contributed by atoms with Crippen LogP contribution in [0.2, 0.25) is 0 Å². The van der Waals surface area contributed by atoms with Gasteiger partial charge < -0.3 is 15.5 Å². The number of carbonyl (C=O) groups is 1. The summed E-state index contributed by atoms with van der Waals surface area (Å²) < 4.78 is 1.07. The van der Waals surface area contributed by atoms with E-state index in [0.29, 0.717) is 19.0 Å². The molecule has 134 valence electrons. The molecule has 1 fully saturated rings. The lowest BCUT2D eigenvalue weighted by molar-refractivity contribution is -0.128. The Bertz CT molecular complexity index is 574. The Morgan fingerprint density at radius 3 is 2.62 bits per heavy atom. The number of rotatable bonds is 5. The maximum absolute atomic E-state index is 12.1. The van der Waals surface area contributed by atoms with E-state index in [0.717, 1.165) is 36.9 Å². The third kappa shape index (κ3) is 6.58. The van der Waals surface area contributed by atoms with Gasteiger partial charge >= 0.3 is 0 Å². The van der Waals surface area contributed by atoms with Gasteiger partial charge in [-0.15, -0.1) is 24.0 Å². The molecule has 1 saturated heterocycles. The molecule has 0 aromatic heterocycles. The Morgan fingerprint density at radius 1 is 1.29 bits per heavy atom. The van der Waals surface area contributed by atoms with Crippen molar-refractivity contribution in [1.29, 1.82) is 0 Å². The summed E-state index contributed by atoms with van der Waals surface area (Å²) in [6.07, 6.45) is 2.23. The zero-order valence-corrected chi connectivity index (χ0v) is 18.2. The zero-order chi connectivity index (χ0) is 16.7. The summed E-state index contributed by atoms with van der Waals surface area (Å²) in [7, 11) is 0. The maximum atomic E-state index is 12.1. The standard InChI is InChI=1S/C17H25BrN4O.HI/c1-3-19-17(21-12-16(23)22-8-4-5-9-22)20-11-14-6-7-15(18)10-13(14)2;/h6-7,10H,3-5,8-9,11-12H2,1-2H3,(H2,19,20,21);1H. The summed E-state index contributed by atoms with van der Waals surface area (Å²) in [4.78, 5) is 18.6. The van der Waals surface area contributed by atoms with Crippen LogP contribution >= 0.6 is 39.9 Å². The lowest BCUT2D eigenvalue weighted by atomic mass is 10.1. The number of nitrogens with zero attached hydrogens (tertiary/aromatic N) is 2. The normalized spacial score (nSPS) is 14.3. The zero-order valence-electron chi connectivity index (χ0n) is 14.3. The molecular formula is C17H26BrIN4O. The van der Waals surface area contributed by atoms with Crippen molar-refractivity contribution >= 4 is 51.8 Å². The Hall–Kier alpha value is -0.830. The summed E-state index contributed by atoms with van der Waals surface area (Å²) in [5.41, 5.74) is 2.38. The summed E-state index contributed by atoms with van der Waals surface area (Å²) in [6.45, 7) is 7.51. The molecule has 0 saturated carbocycles. The molecule has 2 N–H and O–H groups in total. The highest BCUT2D eigenvalue weighted by molar-refractivity contribution is 14.0. The first-order valence-corrected chi connectivity index (χ1v) is 8.94. The van der Waals surface area contributed by atoms with Gasteiger partial charge in [-0.3, -0.25) is 4.79 Å². The topological polar surface area (TPSA) is 56.7 Å². The highest BCUT2D eigenvalue weighted by Gasteiger charge is 2.17. The fourth-order valence-electron chi connectivity index (χ4n) is 2.58. The molecule has 0 aliphatic carbocycles. The van der Waals surface area contributed by atoms with Gasteiger partial charge in [-0.2, -0.15) is 0 Å². The van der Waals surface area contributed by atoms with E-state index in [1.165, 1.54) is 11.1 Å². The van der Waals surface area contributed by atoms with Crippen molar-refractivity contribution in [3.63, 3.8) is 0 Å². The van der Waals surface area contributed by atoms with E-state index in [9.17, 15) is 4.79 Å². The molecule has 1 aliphatic heterocycles. The monoisotopic (exact) mass is 508 g/mol. The molecule has 7 heteroatoms. The van der Waals surface area contributed by atoms with Crippen LogP contribution in [0, 0.1) is 6.92 Å². The number of carbonyl (C=O) groups excluding carboxylic acids is 1. The molecule has 1 amide bonds. The molecule has 0 bridgehead atoms. The van der Waals surface area contributed by atoms with Crippen LogP contribution in [-0.4, -0.2) is 42.9 Å². The van der Waals surface area contributed by atoms with Crippen LogP contribution in [0.1, 0.15) is 30.9 Å². The number of benzene rings is 1. The third-order valence-corrected chi connectivity index (χ3v) is 4.42. The van der Waals surface area contributed by atoms with Crippen molar-refractivity contribution in [3.05, 3.63) is 33.8 Å². The first-order chi connectivity index (χ1) is 11.1. The van der Waals surface area contributed by atoms with Gasteiger partial charge in [0.05, 0.1) is 13.1 Å². The summed E-state index contributed by atoms with van der Waals surface area (Å²) in [5, 5.41) is 6.33. The van der Waals surface area contributed by atoms with Gasteiger partial charge in [-0.05, 0) is 49.9 Å². The molecule has 1 heterocycles. The molecule has 24 heavy (non-hydrogen) atoms. The van der Waals surface area contributed by atoms with Crippen LogP contribution in [0.5, 0.6) is 0 Å². The maximum Gasteiger partial charge on any atom is 0.241 e. The summed E-state index contributed by atoms with van der Waals surface area (Å²) in [6, 6.07) is 6.18. The summed E-state index contributed by atoms with van der Waals surface area (Å²) in [5.74, 6) is 0.829. The van der Waals surface area contributed by atoms with Crippen molar-refractivity contribution in [2.75, 3.05) is 26.2 Å². The van der Waals surface area contributed by atoms with Crippen molar-refractivity contribution < 1.29 is 4.79 Å². The average molecular weight is 509 g/mol. The van der Waals surface area contributed by atoms with E-state index in [1.54, 1.807) is 0 Å². The second-order valence-corrected chi connectivity index (χ2v) is 6.62. The number of amides is 1.